The standard InChI is InChI=1S/C11H10F2NO2/c1-7(6-15)14-11(16)5-8-2-3-9(12)10(13)4-8/h2-4,7H,5H2,1H3,(H,14,16)/t7-/m0/s1. The van der Waals surface area contributed by atoms with E-state index in [0.29, 0.717) is 5.56 Å². The highest BCUT2D eigenvalue weighted by Gasteiger charge is 2.09. The number of hydrogen-bond donors (Lipinski definition) is 1. The number of carbonyl (C=O) groups is 1. The van der Waals surface area contributed by atoms with Crippen molar-refractivity contribution in [3.05, 3.63) is 35.4 Å². The Labute approximate surface area is 91.5 Å². The average molecular weight is 226 g/mol. The van der Waals surface area contributed by atoms with Gasteiger partial charge in [0.05, 0.1) is 12.5 Å². The van der Waals surface area contributed by atoms with Crippen LogP contribution in [0.15, 0.2) is 18.2 Å². The van der Waals surface area contributed by atoms with Crippen molar-refractivity contribution in [3.63, 3.8) is 0 Å². The summed E-state index contributed by atoms with van der Waals surface area (Å²) in [5, 5.41) is 2.33. The van der Waals surface area contributed by atoms with Crippen molar-refractivity contribution in [2.24, 2.45) is 0 Å². The van der Waals surface area contributed by atoms with Crippen molar-refractivity contribution < 1.29 is 18.4 Å². The second-order valence-electron chi connectivity index (χ2n) is 3.33. The van der Waals surface area contributed by atoms with Gasteiger partial charge < -0.3 is 5.32 Å². The number of halogens is 2. The highest BCUT2D eigenvalue weighted by Crippen LogP contribution is 2.09. The van der Waals surface area contributed by atoms with Crippen LogP contribution in [0.5, 0.6) is 0 Å². The summed E-state index contributed by atoms with van der Waals surface area (Å²) in [7, 11) is 0. The topological polar surface area (TPSA) is 46.2 Å². The molecule has 0 spiro atoms. The van der Waals surface area contributed by atoms with Gasteiger partial charge in [-0.1, -0.05) is 6.07 Å². The van der Waals surface area contributed by atoms with Gasteiger partial charge in [0.15, 0.2) is 11.6 Å². The predicted octanol–water partition coefficient (Wildman–Crippen LogP) is 1.12. The van der Waals surface area contributed by atoms with Gasteiger partial charge in [0.2, 0.25) is 12.2 Å². The Morgan fingerprint density at radius 3 is 2.69 bits per heavy atom. The number of hydrogen-bond acceptors (Lipinski definition) is 2. The summed E-state index contributed by atoms with van der Waals surface area (Å²) in [5.41, 5.74) is 0.342. The SMILES string of the molecule is C[C@@H]([C]=O)NC(=O)Cc1ccc(F)c(F)c1. The minimum atomic E-state index is -1.000. The maximum Gasteiger partial charge on any atom is 0.225 e. The molecule has 3 nitrogen and oxygen atoms in total. The monoisotopic (exact) mass is 226 g/mol. The number of amides is 1. The van der Waals surface area contributed by atoms with E-state index in [1.165, 1.54) is 13.0 Å². The van der Waals surface area contributed by atoms with E-state index in [9.17, 15) is 18.4 Å². The van der Waals surface area contributed by atoms with E-state index in [1.807, 2.05) is 0 Å². The second-order valence-corrected chi connectivity index (χ2v) is 3.33. The molecule has 0 unspecified atom stereocenters. The minimum Gasteiger partial charge on any atom is -0.346 e. The molecule has 0 aliphatic rings. The normalized spacial score (nSPS) is 11.9. The molecule has 1 N–H and O–H groups in total. The van der Waals surface area contributed by atoms with Gasteiger partial charge in [-0.15, -0.1) is 0 Å². The van der Waals surface area contributed by atoms with Gasteiger partial charge in [-0.2, -0.15) is 0 Å². The fourth-order valence-corrected chi connectivity index (χ4v) is 1.16. The van der Waals surface area contributed by atoms with Gasteiger partial charge in [-0.05, 0) is 24.6 Å². The number of carbonyl (C=O) groups excluding carboxylic acids is 2. The summed E-state index contributed by atoms with van der Waals surface area (Å²) < 4.78 is 25.4. The Morgan fingerprint density at radius 1 is 1.44 bits per heavy atom. The summed E-state index contributed by atoms with van der Waals surface area (Å²) in [4.78, 5) is 21.4. The lowest BCUT2D eigenvalue weighted by molar-refractivity contribution is -0.120. The van der Waals surface area contributed by atoms with Crippen molar-refractivity contribution in [2.75, 3.05) is 0 Å². The lowest BCUT2D eigenvalue weighted by Gasteiger charge is -2.06. The van der Waals surface area contributed by atoms with Gasteiger partial charge in [-0.3, -0.25) is 9.59 Å². The van der Waals surface area contributed by atoms with Crippen LogP contribution in [0.25, 0.3) is 0 Å². The largest absolute Gasteiger partial charge is 0.346 e. The van der Waals surface area contributed by atoms with Crippen molar-refractivity contribution in [1.82, 2.24) is 5.32 Å². The van der Waals surface area contributed by atoms with Crippen molar-refractivity contribution in [3.8, 4) is 0 Å². The quantitative estimate of drug-likeness (QED) is 0.836. The molecule has 85 valence electrons. The zero-order valence-corrected chi connectivity index (χ0v) is 8.59. The summed E-state index contributed by atoms with van der Waals surface area (Å²) in [6.07, 6.45) is 1.48. The van der Waals surface area contributed by atoms with Gasteiger partial charge in [0, 0.05) is 0 Å². The molecule has 1 aromatic carbocycles. The fraction of sp³-hybridized carbons (Fsp3) is 0.273. The molecule has 1 aromatic rings. The van der Waals surface area contributed by atoms with Crippen LogP contribution >= 0.6 is 0 Å². The van der Waals surface area contributed by atoms with E-state index in [-0.39, 0.29) is 6.42 Å². The zero-order valence-electron chi connectivity index (χ0n) is 8.59. The number of nitrogens with one attached hydrogen (secondary N) is 1. The van der Waals surface area contributed by atoms with Gasteiger partial charge in [0.25, 0.3) is 0 Å². The average Bonchev–Trinajstić information content (AvgIpc) is 2.23. The van der Waals surface area contributed by atoms with E-state index in [4.69, 9.17) is 0 Å². The third-order valence-electron chi connectivity index (χ3n) is 1.90. The van der Waals surface area contributed by atoms with Crippen LogP contribution in [-0.2, 0) is 16.0 Å². The van der Waals surface area contributed by atoms with E-state index in [2.05, 4.69) is 5.32 Å². The highest BCUT2D eigenvalue weighted by atomic mass is 19.2. The summed E-state index contributed by atoms with van der Waals surface area (Å²) in [6, 6.07) is 2.50. The Morgan fingerprint density at radius 2 is 2.12 bits per heavy atom. The molecule has 1 rings (SSSR count). The molecular weight excluding hydrogens is 216 g/mol. The van der Waals surface area contributed by atoms with E-state index >= 15 is 0 Å². The van der Waals surface area contributed by atoms with Gasteiger partial charge >= 0.3 is 0 Å². The fourth-order valence-electron chi connectivity index (χ4n) is 1.16. The van der Waals surface area contributed by atoms with Gasteiger partial charge in [0.1, 0.15) is 0 Å². The summed E-state index contributed by atoms with van der Waals surface area (Å²) in [6.45, 7) is 1.47. The first-order valence-electron chi connectivity index (χ1n) is 4.64. The predicted molar refractivity (Wildman–Crippen MR) is 53.4 cm³/mol. The molecule has 0 fully saturated rings. The molecule has 1 amide bonds. The van der Waals surface area contributed by atoms with Crippen molar-refractivity contribution >= 4 is 12.2 Å². The van der Waals surface area contributed by atoms with Crippen LogP contribution in [0.4, 0.5) is 8.78 Å². The van der Waals surface area contributed by atoms with Crippen LogP contribution in [0.2, 0.25) is 0 Å². The molecule has 0 bridgehead atoms. The molecule has 0 heterocycles. The third-order valence-corrected chi connectivity index (χ3v) is 1.90. The zero-order chi connectivity index (χ0) is 12.1. The summed E-state index contributed by atoms with van der Waals surface area (Å²) >= 11 is 0. The molecular formula is C11H10F2NO2. The second kappa shape index (κ2) is 5.34. The molecule has 1 atom stereocenters. The highest BCUT2D eigenvalue weighted by molar-refractivity contribution is 5.81. The van der Waals surface area contributed by atoms with Crippen molar-refractivity contribution in [1.29, 1.82) is 0 Å². The first-order chi connectivity index (χ1) is 7.52. The molecule has 16 heavy (non-hydrogen) atoms. The van der Waals surface area contributed by atoms with Crippen LogP contribution in [0.3, 0.4) is 0 Å². The van der Waals surface area contributed by atoms with E-state index in [0.717, 1.165) is 12.1 Å². The number of benzene rings is 1. The van der Waals surface area contributed by atoms with Crippen LogP contribution in [0.1, 0.15) is 12.5 Å². The van der Waals surface area contributed by atoms with Crippen LogP contribution < -0.4 is 5.32 Å². The molecule has 0 aliphatic heterocycles. The Hall–Kier alpha value is -1.78. The smallest absolute Gasteiger partial charge is 0.225 e. The molecule has 0 saturated carbocycles. The first kappa shape index (κ1) is 12.3. The van der Waals surface area contributed by atoms with Gasteiger partial charge in [-0.25, -0.2) is 8.78 Å². The first-order valence-corrected chi connectivity index (χ1v) is 4.64. The minimum absolute atomic E-state index is 0.108. The Kier molecular flexibility index (Phi) is 4.10. The number of rotatable bonds is 4. The molecule has 1 radical (unpaired) electrons. The van der Waals surface area contributed by atoms with Crippen molar-refractivity contribution in [2.45, 2.75) is 19.4 Å². The Balaban J connectivity index is 2.63. The maximum atomic E-state index is 12.8. The maximum absolute atomic E-state index is 12.8. The van der Waals surface area contributed by atoms with Crippen LogP contribution in [0, 0.1) is 11.6 Å². The van der Waals surface area contributed by atoms with Crippen LogP contribution in [-0.4, -0.2) is 18.2 Å². The lowest BCUT2D eigenvalue weighted by Crippen LogP contribution is -2.34. The molecule has 0 aliphatic carbocycles. The molecule has 5 heteroatoms. The van der Waals surface area contributed by atoms with E-state index < -0.39 is 23.6 Å². The molecule has 0 saturated heterocycles. The third kappa shape index (κ3) is 3.42. The summed E-state index contributed by atoms with van der Waals surface area (Å²) in [5.74, 6) is -2.40. The van der Waals surface area contributed by atoms with E-state index in [1.54, 1.807) is 6.29 Å². The lowest BCUT2D eigenvalue weighted by atomic mass is 10.1. The molecule has 0 aromatic heterocycles. The Bertz CT molecular complexity index is 407.